The number of carbonyl (C=O) groups is 2. The van der Waals surface area contributed by atoms with Gasteiger partial charge in [0.15, 0.2) is 0 Å². The maximum absolute atomic E-state index is 13.9. The van der Waals surface area contributed by atoms with Crippen LogP contribution in [-0.2, 0) is 17.9 Å². The molecule has 3 aromatic carbocycles. The van der Waals surface area contributed by atoms with Crippen molar-refractivity contribution < 1.29 is 28.2 Å². The normalized spacial score (nSPS) is 15.7. The zero-order chi connectivity index (χ0) is 35.0. The van der Waals surface area contributed by atoms with Gasteiger partial charge in [-0.1, -0.05) is 24.3 Å². The Balaban J connectivity index is 1.30. The van der Waals surface area contributed by atoms with Gasteiger partial charge in [-0.25, -0.2) is 9.37 Å². The summed E-state index contributed by atoms with van der Waals surface area (Å²) in [5, 5.41) is 15.7. The zero-order valence-electron chi connectivity index (χ0n) is 28.2. The number of benzene rings is 3. The number of nitrogens with one attached hydrogen (secondary N) is 3. The number of aromatic nitrogens is 3. The Kier molecular flexibility index (Phi) is 10.9. The van der Waals surface area contributed by atoms with Crippen LogP contribution in [0.3, 0.4) is 0 Å². The van der Waals surface area contributed by atoms with Crippen LogP contribution in [0, 0.1) is 5.82 Å². The van der Waals surface area contributed by atoms with Gasteiger partial charge < -0.3 is 34.9 Å². The molecule has 0 bridgehead atoms. The molecular weight excluding hydrogens is 638 g/mol. The van der Waals surface area contributed by atoms with E-state index < -0.39 is 11.7 Å². The average Bonchev–Trinajstić information content (AvgIpc) is 3.56. The first-order valence-electron chi connectivity index (χ1n) is 16.5. The lowest BCUT2D eigenvalue weighted by Crippen LogP contribution is -2.38. The van der Waals surface area contributed by atoms with Crippen molar-refractivity contribution >= 4 is 36.2 Å². The molecular formula is C37H39BFN6O5. The molecule has 1 aliphatic rings. The highest BCUT2D eigenvalue weighted by Gasteiger charge is 2.27. The second kappa shape index (κ2) is 15.9. The predicted molar refractivity (Wildman–Crippen MR) is 191 cm³/mol. The molecule has 3 N–H and O–H groups in total. The highest BCUT2D eigenvalue weighted by atomic mass is 19.1. The third-order valence-corrected chi connectivity index (χ3v) is 9.04. The number of hydrogen-bond donors (Lipinski definition) is 3. The highest BCUT2D eigenvalue weighted by Crippen LogP contribution is 2.38. The van der Waals surface area contributed by atoms with E-state index in [0.717, 1.165) is 71.2 Å². The van der Waals surface area contributed by atoms with Crippen LogP contribution in [0.15, 0.2) is 72.9 Å². The summed E-state index contributed by atoms with van der Waals surface area (Å²) in [7, 11) is 6.16. The Morgan fingerprint density at radius 3 is 2.56 bits per heavy atom. The van der Waals surface area contributed by atoms with Crippen molar-refractivity contribution in [2.75, 3.05) is 26.6 Å². The molecule has 0 aliphatic heterocycles. The van der Waals surface area contributed by atoms with Gasteiger partial charge in [-0.2, -0.15) is 5.10 Å². The third kappa shape index (κ3) is 7.57. The van der Waals surface area contributed by atoms with Crippen LogP contribution in [-0.4, -0.2) is 61.6 Å². The van der Waals surface area contributed by atoms with Crippen molar-refractivity contribution in [1.29, 1.82) is 0 Å². The molecule has 257 valence electrons. The number of fused-ring (bicyclic) bond motifs is 1. The molecule has 6 rings (SSSR count). The van der Waals surface area contributed by atoms with Crippen LogP contribution in [0.5, 0.6) is 17.2 Å². The Morgan fingerprint density at radius 1 is 0.980 bits per heavy atom. The summed E-state index contributed by atoms with van der Waals surface area (Å²) in [5.41, 5.74) is 4.53. The standard InChI is InChI=1S/C37H39BFN6O5/c1-48-29-13-11-25(33(19-29)50-3)21-41-36-34-31(15-16-40-36)45(28-6-4-5-27(18-28)43-38-22-46)44-35(34)24-9-7-23(8-10-24)20-42-37(47)30-17-26(39)12-14-32(30)49-2/h7-17,19,22,27-28,43H,4-6,18,20-21H2,1-3H3,(H,40,41)(H,42,47)/t27-,28-/m1/s1. The molecule has 2 aromatic heterocycles. The maximum Gasteiger partial charge on any atom is 0.290 e. The van der Waals surface area contributed by atoms with E-state index in [1.807, 2.05) is 48.5 Å². The van der Waals surface area contributed by atoms with Crippen molar-refractivity contribution in [1.82, 2.24) is 25.3 Å². The van der Waals surface area contributed by atoms with Gasteiger partial charge in [0.25, 0.3) is 13.3 Å². The monoisotopic (exact) mass is 677 g/mol. The van der Waals surface area contributed by atoms with Gasteiger partial charge in [0, 0.05) is 36.5 Å². The number of ether oxygens (including phenoxy) is 3. The van der Waals surface area contributed by atoms with Crippen molar-refractivity contribution in [2.45, 2.75) is 50.9 Å². The number of anilines is 1. The second-order valence-corrected chi connectivity index (χ2v) is 12.1. The van der Waals surface area contributed by atoms with E-state index in [-0.39, 0.29) is 24.2 Å². The van der Waals surface area contributed by atoms with Crippen molar-refractivity contribution in [3.05, 3.63) is 95.4 Å². The summed E-state index contributed by atoms with van der Waals surface area (Å²) in [5.74, 6) is 1.44. The lowest BCUT2D eigenvalue weighted by atomic mass is 9.86. The molecule has 2 atom stereocenters. The summed E-state index contributed by atoms with van der Waals surface area (Å²) < 4.78 is 32.2. The third-order valence-electron chi connectivity index (χ3n) is 9.04. The molecule has 1 fully saturated rings. The number of nitrogens with zero attached hydrogens (tertiary/aromatic N) is 3. The molecule has 0 saturated heterocycles. The van der Waals surface area contributed by atoms with E-state index in [9.17, 15) is 14.0 Å². The molecule has 1 saturated carbocycles. The van der Waals surface area contributed by atoms with Gasteiger partial charge in [0.2, 0.25) is 0 Å². The first-order valence-corrected chi connectivity index (χ1v) is 16.5. The Hall–Kier alpha value is -5.43. The average molecular weight is 678 g/mol. The van der Waals surface area contributed by atoms with Gasteiger partial charge in [-0.15, -0.1) is 0 Å². The smallest absolute Gasteiger partial charge is 0.290 e. The summed E-state index contributed by atoms with van der Waals surface area (Å²) in [6, 6.07) is 19.6. The fourth-order valence-corrected chi connectivity index (χ4v) is 6.51. The summed E-state index contributed by atoms with van der Waals surface area (Å²) >= 11 is 0. The van der Waals surface area contributed by atoms with E-state index in [0.29, 0.717) is 29.6 Å². The molecule has 50 heavy (non-hydrogen) atoms. The van der Waals surface area contributed by atoms with Gasteiger partial charge in [0.05, 0.1) is 50.0 Å². The summed E-state index contributed by atoms with van der Waals surface area (Å²) in [4.78, 5) is 28.6. The molecule has 0 spiro atoms. The minimum atomic E-state index is -0.516. The maximum atomic E-state index is 13.9. The van der Waals surface area contributed by atoms with Crippen LogP contribution in [0.25, 0.3) is 22.2 Å². The second-order valence-electron chi connectivity index (χ2n) is 12.1. The number of carbonyl (C=O) groups excluding carboxylic acids is 2. The van der Waals surface area contributed by atoms with Gasteiger partial charge >= 0.3 is 0 Å². The lowest BCUT2D eigenvalue weighted by Gasteiger charge is -2.30. The van der Waals surface area contributed by atoms with E-state index in [1.165, 1.54) is 26.7 Å². The van der Waals surface area contributed by atoms with Crippen LogP contribution >= 0.6 is 0 Å². The van der Waals surface area contributed by atoms with Crippen LogP contribution in [0.2, 0.25) is 0 Å². The number of hydrogen-bond acceptors (Lipinski definition) is 9. The number of methoxy groups -OCH3 is 3. The minimum absolute atomic E-state index is 0.115. The van der Waals surface area contributed by atoms with E-state index in [1.54, 1.807) is 20.4 Å². The fraction of sp³-hybridized carbons (Fsp3) is 0.297. The highest BCUT2D eigenvalue weighted by molar-refractivity contribution is 6.64. The van der Waals surface area contributed by atoms with Gasteiger partial charge in [-0.05, 0) is 73.7 Å². The van der Waals surface area contributed by atoms with E-state index in [2.05, 4.69) is 20.5 Å². The molecule has 5 aromatic rings. The van der Waals surface area contributed by atoms with Crippen LogP contribution < -0.4 is 30.1 Å². The summed E-state index contributed by atoms with van der Waals surface area (Å²) in [6.07, 6.45) is 6.33. The molecule has 0 unspecified atom stereocenters. The lowest BCUT2D eigenvalue weighted by molar-refractivity contribution is 0.0947. The largest absolute Gasteiger partial charge is 0.497 e. The minimum Gasteiger partial charge on any atom is -0.497 e. The molecule has 13 heteroatoms. The van der Waals surface area contributed by atoms with Crippen LogP contribution in [0.4, 0.5) is 10.2 Å². The fourth-order valence-electron chi connectivity index (χ4n) is 6.51. The predicted octanol–water partition coefficient (Wildman–Crippen LogP) is 5.69. The molecule has 1 amide bonds. The molecule has 1 radical (unpaired) electrons. The van der Waals surface area contributed by atoms with E-state index in [4.69, 9.17) is 24.3 Å². The first kappa shape index (κ1) is 34.4. The van der Waals surface area contributed by atoms with Crippen LogP contribution in [0.1, 0.15) is 53.2 Å². The SMILES string of the molecule is COc1ccc(CNc2nccc3c2c(-c2ccc(CNC(=O)c4cc(F)ccc4OC)cc2)nn3[C@@H]2CCC[C@@H](N[B]C=O)C2)c(OC)c1. The topological polar surface area (TPSA) is 129 Å². The van der Waals surface area contributed by atoms with Gasteiger partial charge in [0.1, 0.15) is 34.6 Å². The first-order chi connectivity index (χ1) is 24.4. The quantitative estimate of drug-likeness (QED) is 0.100. The Morgan fingerprint density at radius 2 is 1.80 bits per heavy atom. The van der Waals surface area contributed by atoms with Crippen molar-refractivity contribution in [3.63, 3.8) is 0 Å². The Labute approximate surface area is 290 Å². The Bertz CT molecular complexity index is 1970. The van der Waals surface area contributed by atoms with Crippen molar-refractivity contribution in [3.8, 4) is 28.5 Å². The molecule has 11 nitrogen and oxygen atoms in total. The summed E-state index contributed by atoms with van der Waals surface area (Å²) in [6.45, 7) is 0.690. The number of halogens is 1. The molecule has 1 aliphatic carbocycles. The molecule has 2 heterocycles. The van der Waals surface area contributed by atoms with Crippen molar-refractivity contribution in [2.24, 2.45) is 0 Å². The number of pyridine rings is 1. The van der Waals surface area contributed by atoms with Gasteiger partial charge in [-0.3, -0.25) is 9.48 Å². The zero-order valence-corrected chi connectivity index (χ0v) is 28.2. The number of rotatable bonds is 14. The number of amides is 1. The van der Waals surface area contributed by atoms with E-state index >= 15 is 0 Å².